The van der Waals surface area contributed by atoms with Crippen LogP contribution in [0.15, 0.2) is 35.4 Å². The number of hydrazone groups is 1. The first-order valence-electron chi connectivity index (χ1n) is 5.72. The molecule has 5 nitrogen and oxygen atoms in total. The van der Waals surface area contributed by atoms with Crippen molar-refractivity contribution < 1.29 is 22.8 Å². The van der Waals surface area contributed by atoms with Gasteiger partial charge in [0.1, 0.15) is 6.42 Å². The molecule has 1 N–H and O–H groups in total. The lowest BCUT2D eigenvalue weighted by molar-refractivity contribution is -0.169. The number of halogens is 3. The lowest BCUT2D eigenvalue weighted by Crippen LogP contribution is -2.27. The van der Waals surface area contributed by atoms with Gasteiger partial charge in [0.15, 0.2) is 0 Å². The second-order valence-corrected chi connectivity index (χ2v) is 3.89. The highest BCUT2D eigenvalue weighted by Crippen LogP contribution is 2.19. The highest BCUT2D eigenvalue weighted by molar-refractivity contribution is 6.12. The molecule has 0 aliphatic carbocycles. The molecule has 0 aliphatic rings. The van der Waals surface area contributed by atoms with Gasteiger partial charge in [-0.2, -0.15) is 23.5 Å². The number of ketones is 1. The van der Waals surface area contributed by atoms with Gasteiger partial charge in [-0.25, -0.2) is 5.43 Å². The molecule has 1 amide bonds. The highest BCUT2D eigenvalue weighted by atomic mass is 19.4. The number of nitrogens with zero attached hydrogens (tertiary/aromatic N) is 2. The van der Waals surface area contributed by atoms with Crippen LogP contribution in [0.5, 0.6) is 0 Å². The van der Waals surface area contributed by atoms with Gasteiger partial charge in [0.25, 0.3) is 5.91 Å². The summed E-state index contributed by atoms with van der Waals surface area (Å²) in [6.07, 6.45) is -6.47. The fraction of sp³-hybridized carbons (Fsp3) is 0.231. The summed E-state index contributed by atoms with van der Waals surface area (Å²) in [4.78, 5) is 22.2. The number of hydrogen-bond donors (Lipinski definition) is 1. The third-order valence-corrected chi connectivity index (χ3v) is 2.31. The van der Waals surface area contributed by atoms with Crippen molar-refractivity contribution in [2.45, 2.75) is 19.0 Å². The second-order valence-electron chi connectivity index (χ2n) is 3.89. The van der Waals surface area contributed by atoms with Gasteiger partial charge in [-0.05, 0) is 5.56 Å². The lowest BCUT2D eigenvalue weighted by atomic mass is 10.1. The number of Topliss-reactive ketones (excluding diaryl/α,β-unsaturated/α-hetero) is 1. The number of nitrogens with one attached hydrogen (secondary N) is 1. The Hall–Kier alpha value is -2.69. The van der Waals surface area contributed by atoms with Gasteiger partial charge in [0.05, 0.1) is 18.2 Å². The Morgan fingerprint density at radius 3 is 2.38 bits per heavy atom. The van der Waals surface area contributed by atoms with E-state index in [0.717, 1.165) is 0 Å². The number of carbonyl (C=O) groups is 2. The van der Waals surface area contributed by atoms with Crippen molar-refractivity contribution in [1.29, 1.82) is 5.26 Å². The number of nitriles is 1. The van der Waals surface area contributed by atoms with Crippen LogP contribution in [0, 0.1) is 11.3 Å². The van der Waals surface area contributed by atoms with Crippen LogP contribution in [-0.2, 0) is 9.59 Å². The van der Waals surface area contributed by atoms with Crippen molar-refractivity contribution in [3.8, 4) is 6.07 Å². The SMILES string of the molecule is N#CCC(=O)N/N=C(\CC(=O)C(F)(F)F)c1ccccc1. The molecule has 0 saturated heterocycles. The fourth-order valence-corrected chi connectivity index (χ4v) is 1.33. The molecule has 0 atom stereocenters. The van der Waals surface area contributed by atoms with E-state index in [9.17, 15) is 22.8 Å². The summed E-state index contributed by atoms with van der Waals surface area (Å²) in [6, 6.07) is 9.23. The Morgan fingerprint density at radius 2 is 1.86 bits per heavy atom. The first kappa shape index (κ1) is 16.4. The molecule has 0 bridgehead atoms. The molecule has 0 spiro atoms. The Balaban J connectivity index is 2.96. The Kier molecular flexibility index (Phi) is 5.60. The van der Waals surface area contributed by atoms with Gasteiger partial charge >= 0.3 is 6.18 Å². The molecule has 1 aromatic carbocycles. The Morgan fingerprint density at radius 1 is 1.24 bits per heavy atom. The molecule has 1 aromatic rings. The van der Waals surface area contributed by atoms with Crippen LogP contribution in [0.1, 0.15) is 18.4 Å². The minimum atomic E-state index is -4.98. The van der Waals surface area contributed by atoms with Crippen LogP contribution >= 0.6 is 0 Å². The molecule has 0 saturated carbocycles. The number of benzene rings is 1. The Labute approximate surface area is 118 Å². The van der Waals surface area contributed by atoms with Crippen molar-refractivity contribution in [1.82, 2.24) is 5.43 Å². The maximum absolute atomic E-state index is 12.3. The molecule has 110 valence electrons. The van der Waals surface area contributed by atoms with E-state index in [-0.39, 0.29) is 11.3 Å². The largest absolute Gasteiger partial charge is 0.450 e. The predicted octanol–water partition coefficient (Wildman–Crippen LogP) is 1.94. The van der Waals surface area contributed by atoms with Gasteiger partial charge in [0, 0.05) is 0 Å². The minimum Gasteiger partial charge on any atom is -0.289 e. The quantitative estimate of drug-likeness (QED) is 0.666. The van der Waals surface area contributed by atoms with Gasteiger partial charge in [-0.3, -0.25) is 9.59 Å². The van der Waals surface area contributed by atoms with Crippen LogP contribution in [-0.4, -0.2) is 23.6 Å². The molecule has 0 radical (unpaired) electrons. The van der Waals surface area contributed by atoms with E-state index >= 15 is 0 Å². The molecule has 0 unspecified atom stereocenters. The second kappa shape index (κ2) is 7.19. The number of rotatable bonds is 5. The zero-order chi connectivity index (χ0) is 15.9. The number of hydrogen-bond acceptors (Lipinski definition) is 4. The smallest absolute Gasteiger partial charge is 0.289 e. The molecular weight excluding hydrogens is 287 g/mol. The zero-order valence-corrected chi connectivity index (χ0v) is 10.6. The van der Waals surface area contributed by atoms with E-state index in [2.05, 4.69) is 5.10 Å². The van der Waals surface area contributed by atoms with E-state index in [1.807, 2.05) is 5.43 Å². The maximum Gasteiger partial charge on any atom is 0.450 e. The summed E-state index contributed by atoms with van der Waals surface area (Å²) in [5, 5.41) is 11.8. The van der Waals surface area contributed by atoms with E-state index in [1.165, 1.54) is 12.1 Å². The minimum absolute atomic E-state index is 0.232. The van der Waals surface area contributed by atoms with E-state index in [0.29, 0.717) is 0 Å². The van der Waals surface area contributed by atoms with Crippen LogP contribution < -0.4 is 5.43 Å². The van der Waals surface area contributed by atoms with Crippen LogP contribution in [0.3, 0.4) is 0 Å². The molecule has 21 heavy (non-hydrogen) atoms. The summed E-state index contributed by atoms with van der Waals surface area (Å²) in [6.45, 7) is 0. The molecule has 8 heteroatoms. The number of alkyl halides is 3. The molecule has 0 fully saturated rings. The average molecular weight is 297 g/mol. The topological polar surface area (TPSA) is 82.3 Å². The molecule has 0 aliphatic heterocycles. The molecule has 1 rings (SSSR count). The number of carbonyl (C=O) groups excluding carboxylic acids is 2. The maximum atomic E-state index is 12.3. The van der Waals surface area contributed by atoms with Crippen LogP contribution in [0.4, 0.5) is 13.2 Å². The summed E-state index contributed by atoms with van der Waals surface area (Å²) < 4.78 is 36.9. The third-order valence-electron chi connectivity index (χ3n) is 2.31. The molecule has 0 aromatic heterocycles. The Bertz CT molecular complexity index is 589. The lowest BCUT2D eigenvalue weighted by Gasteiger charge is -2.08. The van der Waals surface area contributed by atoms with Crippen molar-refractivity contribution in [3.05, 3.63) is 35.9 Å². The molecular formula is C13H10F3N3O2. The first-order valence-corrected chi connectivity index (χ1v) is 5.72. The average Bonchev–Trinajstić information content (AvgIpc) is 2.43. The summed E-state index contributed by atoms with van der Waals surface area (Å²) >= 11 is 0. The van der Waals surface area contributed by atoms with Crippen molar-refractivity contribution in [2.75, 3.05) is 0 Å². The molecule has 0 heterocycles. The van der Waals surface area contributed by atoms with E-state index < -0.39 is 30.7 Å². The van der Waals surface area contributed by atoms with Crippen LogP contribution in [0.25, 0.3) is 0 Å². The van der Waals surface area contributed by atoms with Crippen molar-refractivity contribution in [2.24, 2.45) is 5.10 Å². The van der Waals surface area contributed by atoms with Crippen molar-refractivity contribution in [3.63, 3.8) is 0 Å². The third kappa shape index (κ3) is 5.44. The predicted molar refractivity (Wildman–Crippen MR) is 67.0 cm³/mol. The van der Waals surface area contributed by atoms with Crippen molar-refractivity contribution >= 4 is 17.4 Å². The normalized spacial score (nSPS) is 11.6. The van der Waals surface area contributed by atoms with Gasteiger partial charge in [-0.1, -0.05) is 30.3 Å². The van der Waals surface area contributed by atoms with E-state index in [4.69, 9.17) is 5.26 Å². The zero-order valence-electron chi connectivity index (χ0n) is 10.6. The monoisotopic (exact) mass is 297 g/mol. The highest BCUT2D eigenvalue weighted by Gasteiger charge is 2.38. The van der Waals surface area contributed by atoms with E-state index in [1.54, 1.807) is 24.3 Å². The van der Waals surface area contributed by atoms with Gasteiger partial charge in [0.2, 0.25) is 5.78 Å². The first-order chi connectivity index (χ1) is 9.84. The summed E-state index contributed by atoms with van der Waals surface area (Å²) in [5.74, 6) is -2.75. The summed E-state index contributed by atoms with van der Waals surface area (Å²) in [7, 11) is 0. The fourth-order valence-electron chi connectivity index (χ4n) is 1.33. The van der Waals surface area contributed by atoms with Crippen LogP contribution in [0.2, 0.25) is 0 Å². The van der Waals surface area contributed by atoms with Gasteiger partial charge in [-0.15, -0.1) is 0 Å². The standard InChI is InChI=1S/C13H10F3N3O2/c14-13(15,16)11(20)8-10(9-4-2-1-3-5-9)18-19-12(21)6-7-17/h1-5H,6,8H2,(H,19,21)/b18-10+. The summed E-state index contributed by atoms with van der Waals surface area (Å²) in [5.41, 5.74) is 1.98. The van der Waals surface area contributed by atoms with Gasteiger partial charge < -0.3 is 0 Å². The number of amides is 1.